The number of anilines is 1. The number of rotatable bonds is 6. The summed E-state index contributed by atoms with van der Waals surface area (Å²) in [5.41, 5.74) is -0.828. The standard InChI is InChI=1S/C14H20F2N2O2/c1-5-17-12-10(15)6-9(7-11(12)16)13(19)18-8-14(2,3)20-4/h6-7,17H,5,8H2,1-4H3,(H,18,19). The van der Waals surface area contributed by atoms with Crippen molar-refractivity contribution >= 4 is 11.6 Å². The van der Waals surface area contributed by atoms with Crippen LogP contribution in [0, 0.1) is 11.6 Å². The van der Waals surface area contributed by atoms with Crippen LogP contribution < -0.4 is 10.6 Å². The van der Waals surface area contributed by atoms with E-state index in [1.165, 1.54) is 7.11 Å². The van der Waals surface area contributed by atoms with Crippen molar-refractivity contribution in [3.63, 3.8) is 0 Å². The van der Waals surface area contributed by atoms with Crippen molar-refractivity contribution in [3.05, 3.63) is 29.3 Å². The molecule has 6 heteroatoms. The first-order chi connectivity index (χ1) is 9.30. The van der Waals surface area contributed by atoms with Crippen molar-refractivity contribution in [3.8, 4) is 0 Å². The predicted molar refractivity (Wildman–Crippen MR) is 73.9 cm³/mol. The molecule has 20 heavy (non-hydrogen) atoms. The highest BCUT2D eigenvalue weighted by Gasteiger charge is 2.19. The molecule has 0 aliphatic rings. The highest BCUT2D eigenvalue weighted by molar-refractivity contribution is 5.94. The summed E-state index contributed by atoms with van der Waals surface area (Å²) >= 11 is 0. The van der Waals surface area contributed by atoms with Crippen LogP contribution in [0.2, 0.25) is 0 Å². The average Bonchev–Trinajstić information content (AvgIpc) is 2.40. The van der Waals surface area contributed by atoms with Gasteiger partial charge >= 0.3 is 0 Å². The Morgan fingerprint density at radius 1 is 1.30 bits per heavy atom. The molecule has 0 fully saturated rings. The molecule has 0 atom stereocenters. The zero-order valence-electron chi connectivity index (χ0n) is 12.1. The van der Waals surface area contributed by atoms with Gasteiger partial charge in [-0.1, -0.05) is 0 Å². The maximum Gasteiger partial charge on any atom is 0.251 e. The number of carbonyl (C=O) groups excluding carboxylic acids is 1. The van der Waals surface area contributed by atoms with E-state index in [2.05, 4.69) is 10.6 Å². The molecule has 1 aromatic rings. The fourth-order valence-electron chi connectivity index (χ4n) is 1.52. The Labute approximate surface area is 117 Å². The lowest BCUT2D eigenvalue weighted by atomic mass is 10.1. The fourth-order valence-corrected chi connectivity index (χ4v) is 1.52. The number of nitrogens with one attached hydrogen (secondary N) is 2. The van der Waals surface area contributed by atoms with Gasteiger partial charge in [-0.15, -0.1) is 0 Å². The van der Waals surface area contributed by atoms with Crippen LogP contribution in [0.4, 0.5) is 14.5 Å². The van der Waals surface area contributed by atoms with Crippen molar-refractivity contribution < 1.29 is 18.3 Å². The molecule has 0 saturated carbocycles. The molecule has 0 aliphatic heterocycles. The van der Waals surface area contributed by atoms with Gasteiger partial charge in [-0.05, 0) is 32.9 Å². The first-order valence-corrected chi connectivity index (χ1v) is 6.37. The molecule has 0 radical (unpaired) electrons. The molecule has 0 aromatic heterocycles. The highest BCUT2D eigenvalue weighted by atomic mass is 19.1. The van der Waals surface area contributed by atoms with E-state index in [4.69, 9.17) is 4.74 Å². The summed E-state index contributed by atoms with van der Waals surface area (Å²) in [5, 5.41) is 5.15. The van der Waals surface area contributed by atoms with Crippen LogP contribution in [-0.4, -0.2) is 31.7 Å². The zero-order chi connectivity index (χ0) is 15.3. The third kappa shape index (κ3) is 4.16. The van der Waals surface area contributed by atoms with Crippen molar-refractivity contribution in [2.45, 2.75) is 26.4 Å². The SMILES string of the molecule is CCNc1c(F)cc(C(=O)NCC(C)(C)OC)cc1F. The van der Waals surface area contributed by atoms with Gasteiger partial charge < -0.3 is 15.4 Å². The van der Waals surface area contributed by atoms with E-state index >= 15 is 0 Å². The average molecular weight is 286 g/mol. The molecule has 112 valence electrons. The molecule has 0 saturated heterocycles. The van der Waals surface area contributed by atoms with Crippen LogP contribution in [0.5, 0.6) is 0 Å². The Morgan fingerprint density at radius 2 is 1.85 bits per heavy atom. The lowest BCUT2D eigenvalue weighted by Crippen LogP contribution is -2.39. The molecule has 0 aliphatic carbocycles. The smallest absolute Gasteiger partial charge is 0.251 e. The molecule has 1 amide bonds. The highest BCUT2D eigenvalue weighted by Crippen LogP contribution is 2.20. The summed E-state index contributed by atoms with van der Waals surface area (Å²) in [6, 6.07) is 2.02. The first-order valence-electron chi connectivity index (χ1n) is 6.37. The molecule has 0 heterocycles. The van der Waals surface area contributed by atoms with Gasteiger partial charge in [-0.3, -0.25) is 4.79 Å². The predicted octanol–water partition coefficient (Wildman–Crippen LogP) is 2.55. The van der Waals surface area contributed by atoms with Crippen LogP contribution in [0.1, 0.15) is 31.1 Å². The molecular weight excluding hydrogens is 266 g/mol. The molecule has 1 rings (SSSR count). The minimum atomic E-state index is -0.789. The van der Waals surface area contributed by atoms with Crippen LogP contribution in [0.25, 0.3) is 0 Å². The van der Waals surface area contributed by atoms with E-state index in [-0.39, 0.29) is 17.8 Å². The van der Waals surface area contributed by atoms with Crippen molar-refractivity contribution in [2.75, 3.05) is 25.5 Å². The molecule has 4 nitrogen and oxygen atoms in total. The molecule has 0 unspecified atom stereocenters. The Hall–Kier alpha value is -1.69. The molecule has 2 N–H and O–H groups in total. The van der Waals surface area contributed by atoms with Crippen molar-refractivity contribution in [1.82, 2.24) is 5.32 Å². The Kier molecular flexibility index (Phi) is 5.44. The van der Waals surface area contributed by atoms with E-state index in [9.17, 15) is 13.6 Å². The van der Waals surface area contributed by atoms with Gasteiger partial charge in [0.1, 0.15) is 17.3 Å². The second-order valence-corrected chi connectivity index (χ2v) is 4.99. The quantitative estimate of drug-likeness (QED) is 0.845. The third-order valence-electron chi connectivity index (χ3n) is 2.89. The number of halogens is 2. The van der Waals surface area contributed by atoms with E-state index < -0.39 is 23.1 Å². The molecule has 1 aromatic carbocycles. The molecular formula is C14H20F2N2O2. The minimum absolute atomic E-state index is 0.0615. The summed E-state index contributed by atoms with van der Waals surface area (Å²) < 4.78 is 32.5. The van der Waals surface area contributed by atoms with Gasteiger partial charge in [0.15, 0.2) is 0 Å². The zero-order valence-corrected chi connectivity index (χ0v) is 12.1. The summed E-state index contributed by atoms with van der Waals surface area (Å²) in [4.78, 5) is 11.9. The van der Waals surface area contributed by atoms with Crippen molar-refractivity contribution in [2.24, 2.45) is 0 Å². The summed E-state index contributed by atoms with van der Waals surface area (Å²) in [6.45, 7) is 5.94. The third-order valence-corrected chi connectivity index (χ3v) is 2.89. The lowest BCUT2D eigenvalue weighted by Gasteiger charge is -2.23. The second-order valence-electron chi connectivity index (χ2n) is 4.99. The monoisotopic (exact) mass is 286 g/mol. The summed E-state index contributed by atoms with van der Waals surface area (Å²) in [6.07, 6.45) is 0. The van der Waals surface area contributed by atoms with Crippen LogP contribution in [0.3, 0.4) is 0 Å². The Morgan fingerprint density at radius 3 is 2.30 bits per heavy atom. The van der Waals surface area contributed by atoms with Gasteiger partial charge in [0.05, 0.1) is 5.60 Å². The van der Waals surface area contributed by atoms with Gasteiger partial charge in [0.25, 0.3) is 5.91 Å². The van der Waals surface area contributed by atoms with Crippen LogP contribution >= 0.6 is 0 Å². The van der Waals surface area contributed by atoms with Crippen molar-refractivity contribution in [1.29, 1.82) is 0 Å². The Bertz CT molecular complexity index is 467. The molecule has 0 bridgehead atoms. The number of amides is 1. The fraction of sp³-hybridized carbons (Fsp3) is 0.500. The van der Waals surface area contributed by atoms with E-state index in [0.29, 0.717) is 6.54 Å². The van der Waals surface area contributed by atoms with Gasteiger partial charge in [-0.25, -0.2) is 8.78 Å². The van der Waals surface area contributed by atoms with E-state index in [1.54, 1.807) is 20.8 Å². The number of carbonyl (C=O) groups is 1. The van der Waals surface area contributed by atoms with Gasteiger partial charge in [-0.2, -0.15) is 0 Å². The number of benzene rings is 1. The van der Waals surface area contributed by atoms with Crippen LogP contribution in [-0.2, 0) is 4.74 Å². The number of ether oxygens (including phenoxy) is 1. The van der Waals surface area contributed by atoms with Gasteiger partial charge in [0, 0.05) is 25.8 Å². The summed E-state index contributed by atoms with van der Waals surface area (Å²) in [7, 11) is 1.52. The number of methoxy groups -OCH3 is 1. The lowest BCUT2D eigenvalue weighted by molar-refractivity contribution is 0.0228. The largest absolute Gasteiger partial charge is 0.381 e. The second kappa shape index (κ2) is 6.65. The van der Waals surface area contributed by atoms with Gasteiger partial charge in [0.2, 0.25) is 0 Å². The maximum atomic E-state index is 13.7. The topological polar surface area (TPSA) is 50.4 Å². The number of hydrogen-bond acceptors (Lipinski definition) is 3. The van der Waals surface area contributed by atoms with E-state index in [0.717, 1.165) is 12.1 Å². The first kappa shape index (κ1) is 16.4. The normalized spacial score (nSPS) is 11.3. The van der Waals surface area contributed by atoms with E-state index in [1.807, 2.05) is 0 Å². The summed E-state index contributed by atoms with van der Waals surface area (Å²) in [5.74, 6) is -2.12. The number of hydrogen-bond donors (Lipinski definition) is 2. The minimum Gasteiger partial charge on any atom is -0.381 e. The Balaban J connectivity index is 2.84. The van der Waals surface area contributed by atoms with Crippen LogP contribution in [0.15, 0.2) is 12.1 Å². The maximum absolute atomic E-state index is 13.7. The molecule has 0 spiro atoms.